The van der Waals surface area contributed by atoms with Gasteiger partial charge in [0, 0.05) is 46.1 Å². The number of amides is 1. The Balaban J connectivity index is 1.78. The number of piperidine rings is 1. The number of hydrogen-bond donors (Lipinski definition) is 3. The van der Waals surface area contributed by atoms with E-state index in [-0.39, 0.29) is 55.4 Å². The first-order chi connectivity index (χ1) is 27.0. The van der Waals surface area contributed by atoms with Crippen LogP contribution >= 0.6 is 0 Å². The highest BCUT2D eigenvalue weighted by Gasteiger charge is 2.56. The smallest absolute Gasteiger partial charge is 0.329 e. The van der Waals surface area contributed by atoms with E-state index in [4.69, 9.17) is 23.7 Å². The lowest BCUT2D eigenvalue weighted by molar-refractivity contribution is -0.302. The van der Waals surface area contributed by atoms with Crippen LogP contribution in [0.25, 0.3) is 0 Å². The quantitative estimate of drug-likeness (QED) is 0.185. The third-order valence-electron chi connectivity index (χ3n) is 12.8. The first kappa shape index (κ1) is 46.9. The number of fused-ring (bicyclic) bond motifs is 3. The van der Waals surface area contributed by atoms with Crippen LogP contribution < -0.4 is 0 Å². The monoisotopic (exact) mass is 803 g/mol. The lowest BCUT2D eigenvalue weighted by Crippen LogP contribution is -2.64. The number of aliphatic hydroxyl groups is 3. The van der Waals surface area contributed by atoms with Gasteiger partial charge in [-0.25, -0.2) is 4.79 Å². The van der Waals surface area contributed by atoms with Gasteiger partial charge in [0.25, 0.3) is 11.7 Å². The van der Waals surface area contributed by atoms with Crippen molar-refractivity contribution >= 4 is 23.4 Å². The molecule has 2 saturated heterocycles. The summed E-state index contributed by atoms with van der Waals surface area (Å²) in [5.41, 5.74) is 1.18. The fraction of sp³-hybridized carbons (Fsp3) is 0.773. The van der Waals surface area contributed by atoms with Crippen LogP contribution in [-0.2, 0) is 42.9 Å². The summed E-state index contributed by atoms with van der Waals surface area (Å²) in [6.45, 7) is 13.2. The topological polar surface area (TPSA) is 178 Å². The van der Waals surface area contributed by atoms with Crippen molar-refractivity contribution in [2.24, 2.45) is 29.6 Å². The summed E-state index contributed by atoms with van der Waals surface area (Å²) in [4.78, 5) is 57.8. The van der Waals surface area contributed by atoms with Gasteiger partial charge < -0.3 is 43.9 Å². The number of Topliss-reactive ketones (excluding diaryl/α,β-unsaturated/α-hetero) is 2. The molecular weight excluding hydrogens is 734 g/mol. The van der Waals surface area contributed by atoms with E-state index in [0.29, 0.717) is 62.5 Å². The molecule has 3 fully saturated rings. The average Bonchev–Trinajstić information content (AvgIpc) is 3.18. The molecule has 1 amide bonds. The van der Waals surface area contributed by atoms with Gasteiger partial charge in [-0.05, 0) is 100 Å². The van der Waals surface area contributed by atoms with Crippen molar-refractivity contribution in [2.45, 2.75) is 160 Å². The van der Waals surface area contributed by atoms with Gasteiger partial charge in [0.1, 0.15) is 18.2 Å². The molecule has 0 aromatic heterocycles. The van der Waals surface area contributed by atoms with Crippen molar-refractivity contribution in [2.75, 3.05) is 27.9 Å². The summed E-state index contributed by atoms with van der Waals surface area (Å²) in [6.07, 6.45) is 4.89. The average molecular weight is 804 g/mol. The van der Waals surface area contributed by atoms with Gasteiger partial charge in [-0.2, -0.15) is 0 Å². The third kappa shape index (κ3) is 11.3. The highest BCUT2D eigenvalue weighted by atomic mass is 16.7. The molecule has 1 aliphatic carbocycles. The fourth-order valence-corrected chi connectivity index (χ4v) is 9.44. The Morgan fingerprint density at radius 2 is 1.58 bits per heavy atom. The van der Waals surface area contributed by atoms with Crippen LogP contribution in [0.3, 0.4) is 0 Å². The molecule has 14 unspecified atom stereocenters. The second-order valence-corrected chi connectivity index (χ2v) is 17.3. The van der Waals surface area contributed by atoms with E-state index in [9.17, 15) is 34.5 Å². The number of allylic oxidation sites excluding steroid dienone is 4. The highest BCUT2D eigenvalue weighted by Crippen LogP contribution is 2.39. The molecule has 13 heteroatoms. The van der Waals surface area contributed by atoms with E-state index >= 15 is 0 Å². The molecule has 0 aromatic carbocycles. The number of esters is 1. The first-order valence-electron chi connectivity index (χ1n) is 20.9. The Morgan fingerprint density at radius 1 is 0.912 bits per heavy atom. The van der Waals surface area contributed by atoms with Gasteiger partial charge in [-0.15, -0.1) is 6.58 Å². The lowest BCUT2D eigenvalue weighted by Gasteiger charge is -2.47. The van der Waals surface area contributed by atoms with E-state index in [1.54, 1.807) is 27.0 Å². The zero-order valence-electron chi connectivity index (χ0n) is 35.4. The van der Waals surface area contributed by atoms with Crippen molar-refractivity contribution in [1.82, 2.24) is 4.90 Å². The number of ether oxygens (including phenoxy) is 5. The molecule has 14 atom stereocenters. The molecule has 3 heterocycles. The zero-order valence-corrected chi connectivity index (χ0v) is 35.4. The third-order valence-corrected chi connectivity index (χ3v) is 12.8. The number of ketones is 2. The molecule has 4 rings (SSSR count). The van der Waals surface area contributed by atoms with Gasteiger partial charge in [0.15, 0.2) is 5.78 Å². The SMILES string of the molecule is C=CCC1=CC(C)CC(C)CC(OC)C2OC(O)(C(=O)C(=O)N3CCCCC3C(=O)OC(C(C)=CC3CCC(O)C(OC)C3)C(C)C(O)CC1=O)C(C)CC2OC. The van der Waals surface area contributed by atoms with Gasteiger partial charge in [-0.1, -0.05) is 45.9 Å². The van der Waals surface area contributed by atoms with E-state index in [1.807, 2.05) is 26.0 Å². The van der Waals surface area contributed by atoms with Gasteiger partial charge in [-0.3, -0.25) is 14.4 Å². The van der Waals surface area contributed by atoms with Crippen molar-refractivity contribution in [1.29, 1.82) is 0 Å². The van der Waals surface area contributed by atoms with Crippen LogP contribution in [0.4, 0.5) is 0 Å². The van der Waals surface area contributed by atoms with E-state index in [1.165, 1.54) is 19.1 Å². The Kier molecular flexibility index (Phi) is 17.2. The first-order valence-corrected chi connectivity index (χ1v) is 20.9. The van der Waals surface area contributed by atoms with Crippen LogP contribution in [0, 0.1) is 29.6 Å². The van der Waals surface area contributed by atoms with Crippen LogP contribution in [0.2, 0.25) is 0 Å². The van der Waals surface area contributed by atoms with Crippen LogP contribution in [0.5, 0.6) is 0 Å². The molecular formula is C44H69NO12. The normalized spacial score (nSPS) is 40.1. The summed E-state index contributed by atoms with van der Waals surface area (Å²) in [5.74, 6) is -7.32. The number of aliphatic hydroxyl groups excluding tert-OH is 2. The summed E-state index contributed by atoms with van der Waals surface area (Å²) in [5, 5.41) is 34.1. The van der Waals surface area contributed by atoms with Gasteiger partial charge in [0.2, 0.25) is 5.79 Å². The summed E-state index contributed by atoms with van der Waals surface area (Å²) in [7, 11) is 4.61. The molecule has 1 saturated carbocycles. The number of cyclic esters (lactones) is 1. The second-order valence-electron chi connectivity index (χ2n) is 17.3. The maximum absolute atomic E-state index is 14.3. The summed E-state index contributed by atoms with van der Waals surface area (Å²) >= 11 is 0. The molecule has 0 radical (unpaired) electrons. The Morgan fingerprint density at radius 3 is 2.23 bits per heavy atom. The molecule has 322 valence electrons. The van der Waals surface area contributed by atoms with E-state index < -0.39 is 77.9 Å². The standard InChI is InChI=1S/C44H69NO12/c1-10-13-31-19-25(2)18-26(3)20-37(54-8)40-38(55-9)22-28(5)44(52,57-40)41(49)42(50)45-17-12-11-14-32(45)43(51)56-39(29(6)34(47)24-35(31)48)27(4)21-30-15-16-33(46)36(23-30)53-7/h10,19,21,25-26,28-30,32-34,36-40,46-47,52H,1,11-18,20,22-24H2,2-9H3. The molecule has 2 bridgehead atoms. The van der Waals surface area contributed by atoms with E-state index in [0.717, 1.165) is 0 Å². The summed E-state index contributed by atoms with van der Waals surface area (Å²) < 4.78 is 29.8. The minimum absolute atomic E-state index is 0.0120. The number of hydrogen-bond acceptors (Lipinski definition) is 12. The van der Waals surface area contributed by atoms with Gasteiger partial charge >= 0.3 is 5.97 Å². The maximum atomic E-state index is 14.3. The molecule has 3 N–H and O–H groups in total. The maximum Gasteiger partial charge on any atom is 0.329 e. The predicted molar refractivity (Wildman–Crippen MR) is 213 cm³/mol. The number of carbonyl (C=O) groups excluding carboxylic acids is 4. The fourth-order valence-electron chi connectivity index (χ4n) is 9.44. The Labute approximate surface area is 339 Å². The van der Waals surface area contributed by atoms with Gasteiger partial charge in [0.05, 0.1) is 30.5 Å². The molecule has 13 nitrogen and oxygen atoms in total. The lowest BCUT2D eigenvalue weighted by atomic mass is 9.81. The molecule has 4 aliphatic rings. The van der Waals surface area contributed by atoms with Crippen molar-refractivity contribution in [3.05, 3.63) is 36.0 Å². The van der Waals surface area contributed by atoms with E-state index in [2.05, 4.69) is 13.5 Å². The Hall–Kier alpha value is -2.78. The van der Waals surface area contributed by atoms with Crippen LogP contribution in [0.15, 0.2) is 36.0 Å². The van der Waals surface area contributed by atoms with Crippen molar-refractivity contribution in [3.8, 4) is 0 Å². The predicted octanol–water partition coefficient (Wildman–Crippen LogP) is 4.64. The number of carbonyl (C=O) groups is 4. The largest absolute Gasteiger partial charge is 0.456 e. The number of methoxy groups -OCH3 is 3. The minimum Gasteiger partial charge on any atom is -0.456 e. The van der Waals surface area contributed by atoms with Crippen molar-refractivity contribution in [3.63, 3.8) is 0 Å². The number of nitrogens with zero attached hydrogens (tertiary/aromatic N) is 1. The Bertz CT molecular complexity index is 1480. The second kappa shape index (κ2) is 21.0. The zero-order chi connectivity index (χ0) is 42.2. The van der Waals surface area contributed by atoms with Crippen LogP contribution in [-0.4, -0.2) is 126 Å². The molecule has 3 aliphatic heterocycles. The minimum atomic E-state index is -2.51. The molecule has 57 heavy (non-hydrogen) atoms. The van der Waals surface area contributed by atoms with Crippen LogP contribution in [0.1, 0.15) is 105 Å². The van der Waals surface area contributed by atoms with Crippen molar-refractivity contribution < 1.29 is 58.2 Å². The number of rotatable bonds is 7. The highest BCUT2D eigenvalue weighted by molar-refractivity contribution is 6.39. The molecule has 0 spiro atoms. The molecule has 0 aromatic rings. The summed E-state index contributed by atoms with van der Waals surface area (Å²) in [6, 6.07) is -1.14.